The normalized spacial score (nSPS) is 23.2. The molecule has 136 valence electrons. The third-order valence-corrected chi connectivity index (χ3v) is 5.65. The number of amides is 1. The lowest BCUT2D eigenvalue weighted by Gasteiger charge is -2.25. The number of rotatable bonds is 3. The van der Waals surface area contributed by atoms with E-state index in [0.29, 0.717) is 0 Å². The van der Waals surface area contributed by atoms with Crippen molar-refractivity contribution in [3.63, 3.8) is 0 Å². The van der Waals surface area contributed by atoms with E-state index in [-0.39, 0.29) is 18.0 Å². The molecule has 1 aromatic carbocycles. The second kappa shape index (κ2) is 7.00. The number of hydrogen-bond acceptors (Lipinski definition) is 4. The maximum absolute atomic E-state index is 12.5. The molecule has 4 rings (SSSR count). The number of nitrogens with zero attached hydrogens (tertiary/aromatic N) is 3. The van der Waals surface area contributed by atoms with Gasteiger partial charge in [0.15, 0.2) is 0 Å². The second-order valence-corrected chi connectivity index (χ2v) is 7.33. The Kier molecular flexibility index (Phi) is 4.56. The summed E-state index contributed by atoms with van der Waals surface area (Å²) in [6.07, 6.45) is 4.09. The van der Waals surface area contributed by atoms with Crippen molar-refractivity contribution in [1.82, 2.24) is 15.2 Å². The molecule has 2 aliphatic heterocycles. The molecule has 1 aromatic heterocycles. The fourth-order valence-corrected chi connectivity index (χ4v) is 4.31. The Labute approximate surface area is 153 Å². The van der Waals surface area contributed by atoms with Crippen LogP contribution in [0.25, 0.3) is 10.9 Å². The average Bonchev–Trinajstić information content (AvgIpc) is 3.24. The lowest BCUT2D eigenvalue weighted by atomic mass is 10.0. The van der Waals surface area contributed by atoms with E-state index >= 15 is 0 Å². The predicted molar refractivity (Wildman–Crippen MR) is 102 cm³/mol. The molecule has 0 bridgehead atoms. The highest BCUT2D eigenvalue weighted by atomic mass is 16.2. The van der Waals surface area contributed by atoms with Crippen molar-refractivity contribution < 1.29 is 4.79 Å². The van der Waals surface area contributed by atoms with Crippen LogP contribution in [0.15, 0.2) is 24.3 Å². The Balaban J connectivity index is 1.51. The standard InChI is InChI=1S/C20H25N5O/c1-24-18-8-3-2-6-15(18)16(12-21)20(24)25-11-9-14(13-25)23-19(26)17-7-4-5-10-22-17/h2-3,6,8,14,17,22H,4-5,7,9-11,13H2,1H3,(H,23,26). The molecule has 2 unspecified atom stereocenters. The first-order valence-corrected chi connectivity index (χ1v) is 9.45. The molecule has 2 fully saturated rings. The summed E-state index contributed by atoms with van der Waals surface area (Å²) in [6, 6.07) is 10.5. The molecule has 0 aliphatic carbocycles. The molecule has 0 spiro atoms. The molecule has 2 N–H and O–H groups in total. The minimum Gasteiger partial charge on any atom is -0.355 e. The number of carbonyl (C=O) groups excluding carboxylic acids is 1. The molecule has 6 heteroatoms. The Morgan fingerprint density at radius 3 is 2.92 bits per heavy atom. The number of fused-ring (bicyclic) bond motifs is 1. The second-order valence-electron chi connectivity index (χ2n) is 7.33. The van der Waals surface area contributed by atoms with Gasteiger partial charge in [-0.2, -0.15) is 5.26 Å². The van der Waals surface area contributed by atoms with E-state index in [0.717, 1.165) is 67.6 Å². The zero-order chi connectivity index (χ0) is 18.1. The predicted octanol–water partition coefficient (Wildman–Crippen LogP) is 1.89. The van der Waals surface area contributed by atoms with Crippen LogP contribution in [0.5, 0.6) is 0 Å². The fourth-order valence-electron chi connectivity index (χ4n) is 4.31. The monoisotopic (exact) mass is 351 g/mol. The summed E-state index contributed by atoms with van der Waals surface area (Å²) >= 11 is 0. The van der Waals surface area contributed by atoms with Crippen LogP contribution in [-0.4, -0.2) is 42.2 Å². The van der Waals surface area contributed by atoms with Gasteiger partial charge in [-0.1, -0.05) is 24.6 Å². The van der Waals surface area contributed by atoms with Crippen LogP contribution in [0.3, 0.4) is 0 Å². The number of aryl methyl sites for hydroxylation is 1. The van der Waals surface area contributed by atoms with Crippen LogP contribution < -0.4 is 15.5 Å². The molecule has 6 nitrogen and oxygen atoms in total. The number of hydrogen-bond donors (Lipinski definition) is 2. The minimum absolute atomic E-state index is 0.0508. The number of carbonyl (C=O) groups is 1. The molecule has 0 saturated carbocycles. The van der Waals surface area contributed by atoms with E-state index in [2.05, 4.69) is 26.2 Å². The molecule has 2 aliphatic rings. The number of para-hydroxylation sites is 1. The summed E-state index contributed by atoms with van der Waals surface area (Å²) < 4.78 is 2.10. The molecule has 26 heavy (non-hydrogen) atoms. The van der Waals surface area contributed by atoms with E-state index in [1.165, 1.54) is 0 Å². The van der Waals surface area contributed by atoms with Crippen molar-refractivity contribution in [3.05, 3.63) is 29.8 Å². The van der Waals surface area contributed by atoms with Gasteiger partial charge in [-0.05, 0) is 31.9 Å². The topological polar surface area (TPSA) is 73.1 Å². The Morgan fingerprint density at radius 1 is 1.31 bits per heavy atom. The number of piperidine rings is 1. The summed E-state index contributed by atoms with van der Waals surface area (Å²) in [5.74, 6) is 1.08. The molecule has 0 radical (unpaired) electrons. The van der Waals surface area contributed by atoms with Crippen LogP contribution in [0.4, 0.5) is 5.82 Å². The Morgan fingerprint density at radius 2 is 2.15 bits per heavy atom. The Hall–Kier alpha value is -2.52. The summed E-state index contributed by atoms with van der Waals surface area (Å²) in [4.78, 5) is 14.7. The third kappa shape index (κ3) is 2.93. The molecule has 3 heterocycles. The van der Waals surface area contributed by atoms with Gasteiger partial charge in [-0.3, -0.25) is 4.79 Å². The zero-order valence-corrected chi connectivity index (χ0v) is 15.2. The highest BCUT2D eigenvalue weighted by molar-refractivity contribution is 5.93. The first-order chi connectivity index (χ1) is 12.7. The van der Waals surface area contributed by atoms with E-state index in [1.54, 1.807) is 0 Å². The molecular formula is C20H25N5O. The summed E-state index contributed by atoms with van der Waals surface area (Å²) in [5.41, 5.74) is 1.79. The van der Waals surface area contributed by atoms with Gasteiger partial charge in [0.05, 0.1) is 11.6 Å². The van der Waals surface area contributed by atoms with Gasteiger partial charge >= 0.3 is 0 Å². The van der Waals surface area contributed by atoms with Gasteiger partial charge in [-0.15, -0.1) is 0 Å². The molecule has 2 saturated heterocycles. The highest BCUT2D eigenvalue weighted by Gasteiger charge is 2.30. The first-order valence-electron chi connectivity index (χ1n) is 9.45. The van der Waals surface area contributed by atoms with Crippen molar-refractivity contribution in [1.29, 1.82) is 5.26 Å². The smallest absolute Gasteiger partial charge is 0.237 e. The molecule has 2 aromatic rings. The van der Waals surface area contributed by atoms with E-state index < -0.39 is 0 Å². The van der Waals surface area contributed by atoms with Gasteiger partial charge in [0.2, 0.25) is 5.91 Å². The maximum atomic E-state index is 12.5. The largest absolute Gasteiger partial charge is 0.355 e. The highest BCUT2D eigenvalue weighted by Crippen LogP contribution is 2.33. The van der Waals surface area contributed by atoms with E-state index in [9.17, 15) is 10.1 Å². The van der Waals surface area contributed by atoms with E-state index in [1.807, 2.05) is 31.3 Å². The summed E-state index contributed by atoms with van der Waals surface area (Å²) in [6.45, 7) is 2.52. The van der Waals surface area contributed by atoms with Crippen molar-refractivity contribution in [2.75, 3.05) is 24.5 Å². The minimum atomic E-state index is -0.0508. The van der Waals surface area contributed by atoms with Crippen LogP contribution in [0, 0.1) is 11.3 Å². The van der Waals surface area contributed by atoms with Crippen LogP contribution >= 0.6 is 0 Å². The van der Waals surface area contributed by atoms with Crippen LogP contribution in [-0.2, 0) is 11.8 Å². The van der Waals surface area contributed by atoms with Gasteiger partial charge in [0, 0.05) is 31.6 Å². The zero-order valence-electron chi connectivity index (χ0n) is 15.2. The molecule has 2 atom stereocenters. The fraction of sp³-hybridized carbons (Fsp3) is 0.500. The average molecular weight is 351 g/mol. The van der Waals surface area contributed by atoms with Gasteiger partial charge in [0.1, 0.15) is 17.5 Å². The first kappa shape index (κ1) is 16.9. The van der Waals surface area contributed by atoms with Crippen molar-refractivity contribution >= 4 is 22.6 Å². The van der Waals surface area contributed by atoms with Crippen LogP contribution in [0.2, 0.25) is 0 Å². The quantitative estimate of drug-likeness (QED) is 0.886. The molecule has 1 amide bonds. The van der Waals surface area contributed by atoms with E-state index in [4.69, 9.17) is 0 Å². The number of benzene rings is 1. The Bertz CT molecular complexity index is 859. The lowest BCUT2D eigenvalue weighted by molar-refractivity contribution is -0.124. The number of nitrogens with one attached hydrogen (secondary N) is 2. The number of aromatic nitrogens is 1. The third-order valence-electron chi connectivity index (χ3n) is 5.65. The number of nitriles is 1. The number of anilines is 1. The van der Waals surface area contributed by atoms with Crippen molar-refractivity contribution in [2.45, 2.75) is 37.8 Å². The summed E-state index contributed by atoms with van der Waals surface area (Å²) in [7, 11) is 2.01. The van der Waals surface area contributed by atoms with Crippen molar-refractivity contribution in [3.8, 4) is 6.07 Å². The van der Waals surface area contributed by atoms with Crippen LogP contribution in [0.1, 0.15) is 31.2 Å². The molecular weight excluding hydrogens is 326 g/mol. The van der Waals surface area contributed by atoms with Gasteiger partial charge in [-0.25, -0.2) is 0 Å². The van der Waals surface area contributed by atoms with Gasteiger partial charge in [0.25, 0.3) is 0 Å². The van der Waals surface area contributed by atoms with Crippen molar-refractivity contribution in [2.24, 2.45) is 7.05 Å². The SMILES string of the molecule is Cn1c(N2CCC(NC(=O)C3CCCCN3)C2)c(C#N)c2ccccc21. The lowest BCUT2D eigenvalue weighted by Crippen LogP contribution is -2.50. The van der Waals surface area contributed by atoms with Gasteiger partial charge < -0.3 is 20.1 Å². The summed E-state index contributed by atoms with van der Waals surface area (Å²) in [5, 5.41) is 17.2. The maximum Gasteiger partial charge on any atom is 0.237 e.